The average molecular weight is 574 g/mol. The molecule has 0 bridgehead atoms. The van der Waals surface area contributed by atoms with Gasteiger partial charge in [-0.3, -0.25) is 9.59 Å². The van der Waals surface area contributed by atoms with Crippen LogP contribution in [0.25, 0.3) is 0 Å². The van der Waals surface area contributed by atoms with Crippen LogP contribution in [0, 0.1) is 5.92 Å². The van der Waals surface area contributed by atoms with Gasteiger partial charge in [0.25, 0.3) is 0 Å². The van der Waals surface area contributed by atoms with E-state index in [-0.39, 0.29) is 24.9 Å². The Kier molecular flexibility index (Phi) is 12.4. The minimum atomic E-state index is -1.09. The van der Waals surface area contributed by atoms with Crippen LogP contribution in [0.2, 0.25) is 0 Å². The van der Waals surface area contributed by atoms with Crippen LogP contribution in [0.3, 0.4) is 0 Å². The SMILES string of the molecule is C[C@H](NC(=O)[C@H](Cc1ccccc1)NC(=O)N1CCC(N)CC1)C(=O)N[C@@H](CC1CCCCC1)[C@@H](O)CC(C)(C)O. The first kappa shape index (κ1) is 32.8. The summed E-state index contributed by atoms with van der Waals surface area (Å²) in [7, 11) is 0. The lowest BCUT2D eigenvalue weighted by molar-refractivity contribution is -0.130. The second kappa shape index (κ2) is 15.5. The van der Waals surface area contributed by atoms with Crippen molar-refractivity contribution in [3.63, 3.8) is 0 Å². The topological polar surface area (TPSA) is 157 Å². The zero-order valence-electron chi connectivity index (χ0n) is 25.0. The van der Waals surface area contributed by atoms with Gasteiger partial charge >= 0.3 is 6.03 Å². The Balaban J connectivity index is 1.65. The fourth-order valence-electron chi connectivity index (χ4n) is 5.84. The predicted molar refractivity (Wildman–Crippen MR) is 159 cm³/mol. The Labute approximate surface area is 244 Å². The van der Waals surface area contributed by atoms with Crippen molar-refractivity contribution in [1.29, 1.82) is 0 Å². The molecular formula is C31H51N5O5. The molecule has 4 atom stereocenters. The van der Waals surface area contributed by atoms with Crippen molar-refractivity contribution in [2.75, 3.05) is 13.1 Å². The number of aliphatic hydroxyl groups excluding tert-OH is 1. The lowest BCUT2D eigenvalue weighted by atomic mass is 9.82. The van der Waals surface area contributed by atoms with E-state index in [0.717, 1.165) is 31.2 Å². The monoisotopic (exact) mass is 573 g/mol. The van der Waals surface area contributed by atoms with Crippen LogP contribution in [-0.2, 0) is 16.0 Å². The van der Waals surface area contributed by atoms with Crippen molar-refractivity contribution in [3.8, 4) is 0 Å². The molecule has 0 radical (unpaired) electrons. The maximum atomic E-state index is 13.4. The molecule has 1 aromatic rings. The molecule has 7 N–H and O–H groups in total. The highest BCUT2D eigenvalue weighted by atomic mass is 16.3. The molecule has 230 valence electrons. The van der Waals surface area contributed by atoms with E-state index in [9.17, 15) is 24.6 Å². The Morgan fingerprint density at radius 3 is 2.22 bits per heavy atom. The van der Waals surface area contributed by atoms with E-state index in [2.05, 4.69) is 16.0 Å². The first-order valence-electron chi connectivity index (χ1n) is 15.3. The van der Waals surface area contributed by atoms with Crippen molar-refractivity contribution < 1.29 is 24.6 Å². The van der Waals surface area contributed by atoms with Crippen LogP contribution in [0.1, 0.15) is 84.1 Å². The van der Waals surface area contributed by atoms with Gasteiger partial charge < -0.3 is 36.8 Å². The molecule has 0 spiro atoms. The van der Waals surface area contributed by atoms with Crippen LogP contribution < -0.4 is 21.7 Å². The second-order valence-electron chi connectivity index (χ2n) is 12.7. The van der Waals surface area contributed by atoms with Crippen molar-refractivity contribution in [3.05, 3.63) is 35.9 Å². The highest BCUT2D eigenvalue weighted by Gasteiger charge is 2.32. The number of nitrogens with two attached hydrogens (primary N) is 1. The van der Waals surface area contributed by atoms with Crippen LogP contribution in [-0.4, -0.2) is 81.9 Å². The van der Waals surface area contributed by atoms with Crippen LogP contribution in [0.15, 0.2) is 30.3 Å². The number of carbonyl (C=O) groups is 3. The number of amides is 4. The zero-order chi connectivity index (χ0) is 30.0. The third kappa shape index (κ3) is 11.2. The molecule has 1 heterocycles. The van der Waals surface area contributed by atoms with E-state index >= 15 is 0 Å². The molecule has 1 saturated carbocycles. The van der Waals surface area contributed by atoms with Crippen molar-refractivity contribution in [2.45, 2.75) is 121 Å². The van der Waals surface area contributed by atoms with Crippen LogP contribution >= 0.6 is 0 Å². The van der Waals surface area contributed by atoms with Crippen molar-refractivity contribution >= 4 is 17.8 Å². The summed E-state index contributed by atoms with van der Waals surface area (Å²) >= 11 is 0. The molecule has 1 aliphatic heterocycles. The van der Waals surface area contributed by atoms with Gasteiger partial charge in [0.1, 0.15) is 12.1 Å². The molecule has 1 aliphatic carbocycles. The molecule has 1 aromatic carbocycles. The fourth-order valence-corrected chi connectivity index (χ4v) is 5.84. The van der Waals surface area contributed by atoms with Gasteiger partial charge in [-0.05, 0) is 51.5 Å². The Morgan fingerprint density at radius 1 is 0.976 bits per heavy atom. The van der Waals surface area contributed by atoms with Gasteiger partial charge in [0, 0.05) is 32.0 Å². The van der Waals surface area contributed by atoms with E-state index in [1.54, 1.807) is 25.7 Å². The molecule has 2 fully saturated rings. The first-order chi connectivity index (χ1) is 19.4. The molecular weight excluding hydrogens is 522 g/mol. The first-order valence-corrected chi connectivity index (χ1v) is 15.3. The Bertz CT molecular complexity index is 971. The predicted octanol–water partition coefficient (Wildman–Crippen LogP) is 2.21. The van der Waals surface area contributed by atoms with Crippen LogP contribution in [0.5, 0.6) is 0 Å². The highest BCUT2D eigenvalue weighted by Crippen LogP contribution is 2.29. The number of aliphatic hydroxyl groups is 2. The average Bonchev–Trinajstić information content (AvgIpc) is 2.92. The smallest absolute Gasteiger partial charge is 0.318 e. The number of nitrogens with zero attached hydrogens (tertiary/aromatic N) is 1. The van der Waals surface area contributed by atoms with E-state index in [1.165, 1.54) is 6.42 Å². The summed E-state index contributed by atoms with van der Waals surface area (Å²) in [6.07, 6.45) is 7.10. The van der Waals surface area contributed by atoms with Crippen molar-refractivity contribution in [1.82, 2.24) is 20.9 Å². The molecule has 41 heavy (non-hydrogen) atoms. The summed E-state index contributed by atoms with van der Waals surface area (Å²) < 4.78 is 0. The third-order valence-corrected chi connectivity index (χ3v) is 8.29. The minimum Gasteiger partial charge on any atom is -0.391 e. The Hall–Kier alpha value is -2.69. The Morgan fingerprint density at radius 2 is 1.61 bits per heavy atom. The standard InChI is InChI=1S/C31H51N5O5/c1-21(28(38)34-25(27(37)20-31(2,3)41)18-22-10-6-4-7-11-22)33-29(39)26(19-23-12-8-5-9-13-23)35-30(40)36-16-14-24(32)15-17-36/h5,8-9,12-13,21-22,24-27,37,41H,4,6-7,10-11,14-20,32H2,1-3H3,(H,33,39)(H,34,38)(H,35,40)/t21-,25-,26-,27-/m0/s1. The molecule has 10 heteroatoms. The quantitative estimate of drug-likeness (QED) is 0.225. The van der Waals surface area contributed by atoms with Gasteiger partial charge in [-0.1, -0.05) is 62.4 Å². The maximum Gasteiger partial charge on any atom is 0.318 e. The summed E-state index contributed by atoms with van der Waals surface area (Å²) in [6, 6.07) is 6.85. The van der Waals surface area contributed by atoms with E-state index < -0.39 is 41.6 Å². The lowest BCUT2D eigenvalue weighted by Crippen LogP contribution is -2.58. The number of benzene rings is 1. The summed E-state index contributed by atoms with van der Waals surface area (Å²) in [5.41, 5.74) is 5.77. The molecule has 1 saturated heterocycles. The normalized spacial score (nSPS) is 20.0. The number of rotatable bonds is 12. The summed E-state index contributed by atoms with van der Waals surface area (Å²) in [5, 5.41) is 29.8. The van der Waals surface area contributed by atoms with Gasteiger partial charge in [0.05, 0.1) is 17.7 Å². The van der Waals surface area contributed by atoms with Crippen LogP contribution in [0.4, 0.5) is 4.79 Å². The molecule has 3 rings (SSSR count). The number of likely N-dealkylation sites (tertiary alicyclic amines) is 1. The van der Waals surface area contributed by atoms with Gasteiger partial charge in [0.15, 0.2) is 0 Å². The second-order valence-corrected chi connectivity index (χ2v) is 12.7. The van der Waals surface area contributed by atoms with Gasteiger partial charge in [0.2, 0.25) is 11.8 Å². The number of carbonyl (C=O) groups excluding carboxylic acids is 3. The zero-order valence-corrected chi connectivity index (χ0v) is 25.0. The van der Waals surface area contributed by atoms with Gasteiger partial charge in [-0.25, -0.2) is 4.79 Å². The van der Waals surface area contributed by atoms with E-state index in [1.807, 2.05) is 30.3 Å². The van der Waals surface area contributed by atoms with E-state index in [4.69, 9.17) is 5.73 Å². The van der Waals surface area contributed by atoms with Gasteiger partial charge in [-0.2, -0.15) is 0 Å². The third-order valence-electron chi connectivity index (χ3n) is 8.29. The molecule has 0 aromatic heterocycles. The summed E-state index contributed by atoms with van der Waals surface area (Å²) in [6.45, 7) is 5.93. The number of urea groups is 1. The largest absolute Gasteiger partial charge is 0.391 e. The molecule has 0 unspecified atom stereocenters. The summed E-state index contributed by atoms with van der Waals surface area (Å²) in [5.74, 6) is -0.478. The minimum absolute atomic E-state index is 0.0748. The number of piperidine rings is 1. The lowest BCUT2D eigenvalue weighted by Gasteiger charge is -2.33. The molecule has 2 aliphatic rings. The highest BCUT2D eigenvalue weighted by molar-refractivity contribution is 5.92. The number of nitrogens with one attached hydrogen (secondary N) is 3. The number of hydrogen-bond donors (Lipinski definition) is 6. The summed E-state index contributed by atoms with van der Waals surface area (Å²) in [4.78, 5) is 41.4. The van der Waals surface area contributed by atoms with Crippen molar-refractivity contribution in [2.24, 2.45) is 11.7 Å². The fraction of sp³-hybridized carbons (Fsp3) is 0.710. The maximum absolute atomic E-state index is 13.4. The number of hydrogen-bond acceptors (Lipinski definition) is 6. The van der Waals surface area contributed by atoms with Gasteiger partial charge in [-0.15, -0.1) is 0 Å². The molecule has 10 nitrogen and oxygen atoms in total. The van der Waals surface area contributed by atoms with E-state index in [0.29, 0.717) is 38.3 Å². The molecule has 4 amide bonds.